The molecule has 2 atom stereocenters. The quantitative estimate of drug-likeness (QED) is 0.560. The lowest BCUT2D eigenvalue weighted by Crippen LogP contribution is -2.58. The van der Waals surface area contributed by atoms with Crippen LogP contribution in [0.4, 0.5) is 0 Å². The van der Waals surface area contributed by atoms with Crippen molar-refractivity contribution in [1.29, 1.82) is 0 Å². The maximum absolute atomic E-state index is 5.63. The summed E-state index contributed by atoms with van der Waals surface area (Å²) in [6.45, 7) is 4.87. The molecule has 0 heterocycles. The van der Waals surface area contributed by atoms with Gasteiger partial charge >= 0.3 is 0 Å². The Kier molecular flexibility index (Phi) is 2.70. The van der Waals surface area contributed by atoms with E-state index in [4.69, 9.17) is 11.5 Å². The first-order chi connectivity index (χ1) is 7.32. The monoisotopic (exact) mass is 257 g/mol. The van der Waals surface area contributed by atoms with Crippen molar-refractivity contribution < 1.29 is 0 Å². The lowest BCUT2D eigenvalue weighted by atomic mass is 9.43. The normalized spacial score (nSPS) is 50.8. The molecule has 0 radical (unpaired) electrons. The largest absolute Gasteiger partial charge is 0.370 e. The minimum atomic E-state index is 0. The molecule has 4 heteroatoms. The highest BCUT2D eigenvalue weighted by Crippen LogP contribution is 2.67. The van der Waals surface area contributed by atoms with Crippen molar-refractivity contribution in [1.82, 2.24) is 0 Å². The summed E-state index contributed by atoms with van der Waals surface area (Å²) in [7, 11) is 0. The molecule has 0 saturated heterocycles. The molecule has 0 spiro atoms. The van der Waals surface area contributed by atoms with E-state index < -0.39 is 0 Å². The molecule has 4 bridgehead atoms. The third-order valence-electron chi connectivity index (χ3n) is 4.96. The summed E-state index contributed by atoms with van der Waals surface area (Å²) in [6.07, 6.45) is 7.77. The van der Waals surface area contributed by atoms with E-state index in [1.807, 2.05) is 0 Å². The van der Waals surface area contributed by atoms with E-state index in [0.717, 1.165) is 5.92 Å². The molecule has 4 saturated carbocycles. The average Bonchev–Trinajstić information content (AvgIpc) is 1.91. The number of rotatable bonds is 1. The predicted molar refractivity (Wildman–Crippen MR) is 73.2 cm³/mol. The van der Waals surface area contributed by atoms with Crippen molar-refractivity contribution in [2.24, 2.45) is 33.2 Å². The zero-order chi connectivity index (χ0) is 11.6. The molecule has 4 rings (SSSR count). The molecule has 0 aromatic heterocycles. The Balaban J connectivity index is 0.00000108. The summed E-state index contributed by atoms with van der Waals surface area (Å²) < 4.78 is 0. The van der Waals surface area contributed by atoms with Gasteiger partial charge in [-0.3, -0.25) is 0 Å². The molecule has 0 amide bonds. The minimum absolute atomic E-state index is 0. The van der Waals surface area contributed by atoms with Gasteiger partial charge in [-0.25, -0.2) is 4.99 Å². The van der Waals surface area contributed by atoms with Gasteiger partial charge in [0.25, 0.3) is 0 Å². The Morgan fingerprint density at radius 3 is 1.94 bits per heavy atom. The fourth-order valence-electron chi connectivity index (χ4n) is 5.79. The maximum Gasteiger partial charge on any atom is 0.186 e. The Morgan fingerprint density at radius 2 is 1.53 bits per heavy atom. The van der Waals surface area contributed by atoms with Gasteiger partial charge in [0.2, 0.25) is 0 Å². The van der Waals surface area contributed by atoms with E-state index >= 15 is 0 Å². The number of hydrogen-bond acceptors (Lipinski definition) is 1. The summed E-state index contributed by atoms with van der Waals surface area (Å²) in [5.74, 6) is 1.14. The fourth-order valence-corrected chi connectivity index (χ4v) is 5.79. The van der Waals surface area contributed by atoms with Crippen LogP contribution < -0.4 is 11.5 Å². The second-order valence-electron chi connectivity index (χ2n) is 7.39. The van der Waals surface area contributed by atoms with Crippen molar-refractivity contribution in [3.8, 4) is 0 Å². The first-order valence-corrected chi connectivity index (χ1v) is 6.43. The predicted octanol–water partition coefficient (Wildman–Crippen LogP) is 2.43. The molecule has 98 valence electrons. The first kappa shape index (κ1) is 13.0. The van der Waals surface area contributed by atoms with E-state index in [1.54, 1.807) is 0 Å². The number of nitrogens with two attached hydrogens (primary N) is 2. The van der Waals surface area contributed by atoms with Gasteiger partial charge in [-0.1, -0.05) is 13.8 Å². The minimum Gasteiger partial charge on any atom is -0.370 e. The van der Waals surface area contributed by atoms with Crippen LogP contribution in [0.25, 0.3) is 0 Å². The van der Waals surface area contributed by atoms with Crippen LogP contribution in [0.3, 0.4) is 0 Å². The average molecular weight is 258 g/mol. The highest BCUT2D eigenvalue weighted by Gasteiger charge is 2.60. The van der Waals surface area contributed by atoms with Gasteiger partial charge in [0.05, 0.1) is 5.54 Å². The van der Waals surface area contributed by atoms with Gasteiger partial charge in [0.15, 0.2) is 5.96 Å². The third-order valence-corrected chi connectivity index (χ3v) is 4.96. The molecular weight excluding hydrogens is 234 g/mol. The topological polar surface area (TPSA) is 64.4 Å². The fraction of sp³-hybridized carbons (Fsp3) is 0.923. The van der Waals surface area contributed by atoms with Gasteiger partial charge in [-0.2, -0.15) is 0 Å². The smallest absolute Gasteiger partial charge is 0.186 e. The summed E-state index contributed by atoms with van der Waals surface area (Å²) in [5, 5.41) is 0. The summed E-state index contributed by atoms with van der Waals surface area (Å²) in [5.41, 5.74) is 12.3. The second-order valence-corrected chi connectivity index (χ2v) is 7.39. The molecule has 17 heavy (non-hydrogen) atoms. The van der Waals surface area contributed by atoms with Crippen LogP contribution >= 0.6 is 12.4 Å². The van der Waals surface area contributed by atoms with Gasteiger partial charge in [0.1, 0.15) is 0 Å². The van der Waals surface area contributed by atoms with Crippen molar-refractivity contribution in [3.63, 3.8) is 0 Å². The maximum atomic E-state index is 5.63. The molecule has 3 nitrogen and oxygen atoms in total. The zero-order valence-electron chi connectivity index (χ0n) is 10.8. The molecule has 0 aliphatic heterocycles. The van der Waals surface area contributed by atoms with Gasteiger partial charge in [-0.15, -0.1) is 12.4 Å². The Hall–Kier alpha value is -0.440. The summed E-state index contributed by atoms with van der Waals surface area (Å²) in [6, 6.07) is 0. The molecule has 4 N–H and O–H groups in total. The Morgan fingerprint density at radius 1 is 1.00 bits per heavy atom. The molecule has 0 aromatic carbocycles. The van der Waals surface area contributed by atoms with Crippen LogP contribution in [0.2, 0.25) is 0 Å². The van der Waals surface area contributed by atoms with Crippen molar-refractivity contribution >= 4 is 18.4 Å². The van der Waals surface area contributed by atoms with Crippen LogP contribution in [0.15, 0.2) is 4.99 Å². The second kappa shape index (κ2) is 3.53. The Labute approximate surface area is 110 Å². The first-order valence-electron chi connectivity index (χ1n) is 6.43. The highest BCUT2D eigenvalue weighted by atomic mass is 35.5. The standard InChI is InChI=1S/C13H23N3.ClH/c1-11-3-9-4-12(2,6-11)8-13(5-9,7-11)16-10(14)15;/h9H,3-8H2,1-2H3,(H4,14,15,16);1H. The number of halogens is 1. The number of nitrogens with zero attached hydrogens (tertiary/aromatic N) is 1. The van der Waals surface area contributed by atoms with E-state index in [9.17, 15) is 0 Å². The van der Waals surface area contributed by atoms with Crippen LogP contribution in [0, 0.1) is 16.7 Å². The van der Waals surface area contributed by atoms with Crippen molar-refractivity contribution in [2.75, 3.05) is 0 Å². The SMILES string of the molecule is CC12CC3CC(C)(C1)CC(N=C(N)N)(C3)C2.Cl. The number of aliphatic imine (C=N–C) groups is 1. The number of guanidine groups is 1. The van der Waals surface area contributed by atoms with Gasteiger partial charge in [-0.05, 0) is 55.3 Å². The summed E-state index contributed by atoms with van der Waals surface area (Å²) >= 11 is 0. The van der Waals surface area contributed by atoms with Gasteiger partial charge in [0, 0.05) is 0 Å². The number of hydrogen-bond donors (Lipinski definition) is 2. The van der Waals surface area contributed by atoms with Crippen LogP contribution in [0.5, 0.6) is 0 Å². The lowest BCUT2D eigenvalue weighted by molar-refractivity contribution is -0.104. The van der Waals surface area contributed by atoms with E-state index in [2.05, 4.69) is 18.8 Å². The van der Waals surface area contributed by atoms with Crippen LogP contribution in [-0.2, 0) is 0 Å². The molecule has 4 fully saturated rings. The van der Waals surface area contributed by atoms with E-state index in [0.29, 0.717) is 10.8 Å². The molecule has 2 unspecified atom stereocenters. The molecule has 0 aromatic rings. The third kappa shape index (κ3) is 2.03. The van der Waals surface area contributed by atoms with Crippen molar-refractivity contribution in [3.05, 3.63) is 0 Å². The van der Waals surface area contributed by atoms with Crippen LogP contribution in [0.1, 0.15) is 52.4 Å². The molecule has 4 aliphatic carbocycles. The van der Waals surface area contributed by atoms with E-state index in [1.165, 1.54) is 38.5 Å². The van der Waals surface area contributed by atoms with Crippen LogP contribution in [-0.4, -0.2) is 11.5 Å². The lowest BCUT2D eigenvalue weighted by Gasteiger charge is -2.64. The van der Waals surface area contributed by atoms with Gasteiger partial charge < -0.3 is 11.5 Å². The molecular formula is C13H24ClN3. The highest BCUT2D eigenvalue weighted by molar-refractivity contribution is 5.85. The Bertz CT molecular complexity index is 344. The summed E-state index contributed by atoms with van der Waals surface area (Å²) in [4.78, 5) is 4.63. The van der Waals surface area contributed by atoms with Crippen molar-refractivity contribution in [2.45, 2.75) is 57.9 Å². The van der Waals surface area contributed by atoms with E-state index in [-0.39, 0.29) is 23.9 Å². The zero-order valence-corrected chi connectivity index (χ0v) is 11.6. The molecule has 4 aliphatic rings.